The number of ether oxygens (including phenoxy) is 1. The van der Waals surface area contributed by atoms with E-state index in [1.807, 2.05) is 13.8 Å². The Kier molecular flexibility index (Phi) is 6.44. The SMILES string of the molecule is COc1ccc(S(=O)(=O)NC(CCO)C(C)C)cc1Br. The molecule has 0 aliphatic heterocycles. The summed E-state index contributed by atoms with van der Waals surface area (Å²) in [6, 6.07) is 4.28. The molecule has 0 saturated carbocycles. The van der Waals surface area contributed by atoms with Gasteiger partial charge >= 0.3 is 0 Å². The maximum absolute atomic E-state index is 12.3. The van der Waals surface area contributed by atoms with Gasteiger partial charge in [0.2, 0.25) is 10.0 Å². The lowest BCUT2D eigenvalue weighted by Crippen LogP contribution is -2.39. The summed E-state index contributed by atoms with van der Waals surface area (Å²) in [6.07, 6.45) is 0.383. The van der Waals surface area contributed by atoms with Gasteiger partial charge in [-0.3, -0.25) is 0 Å². The van der Waals surface area contributed by atoms with Crippen LogP contribution in [0.4, 0.5) is 0 Å². The van der Waals surface area contributed by atoms with Gasteiger partial charge in [-0.05, 0) is 46.5 Å². The van der Waals surface area contributed by atoms with Gasteiger partial charge in [0.05, 0.1) is 16.5 Å². The summed E-state index contributed by atoms with van der Waals surface area (Å²) in [7, 11) is -2.10. The minimum atomic E-state index is -3.62. The smallest absolute Gasteiger partial charge is 0.240 e. The predicted octanol–water partition coefficient (Wildman–Crippen LogP) is 2.14. The number of halogens is 1. The van der Waals surface area contributed by atoms with Gasteiger partial charge in [-0.25, -0.2) is 13.1 Å². The largest absolute Gasteiger partial charge is 0.496 e. The number of aliphatic hydroxyl groups excluding tert-OH is 1. The molecule has 7 heteroatoms. The zero-order valence-corrected chi connectivity index (χ0v) is 14.2. The second-order valence-corrected chi connectivity index (χ2v) is 7.35. The Balaban J connectivity index is 3.01. The third-order valence-corrected chi connectivity index (χ3v) is 5.09. The summed E-state index contributed by atoms with van der Waals surface area (Å²) >= 11 is 3.27. The molecule has 114 valence electrons. The summed E-state index contributed by atoms with van der Waals surface area (Å²) in [5, 5.41) is 9.01. The van der Waals surface area contributed by atoms with Crippen molar-refractivity contribution >= 4 is 26.0 Å². The van der Waals surface area contributed by atoms with Crippen LogP contribution in [-0.2, 0) is 10.0 Å². The van der Waals surface area contributed by atoms with E-state index in [4.69, 9.17) is 9.84 Å². The number of rotatable bonds is 7. The number of benzene rings is 1. The van der Waals surface area contributed by atoms with E-state index in [0.717, 1.165) is 0 Å². The third kappa shape index (κ3) is 4.44. The summed E-state index contributed by atoms with van der Waals surface area (Å²) in [4.78, 5) is 0.161. The molecule has 1 aromatic carbocycles. The van der Waals surface area contributed by atoms with Crippen molar-refractivity contribution in [3.63, 3.8) is 0 Å². The molecule has 20 heavy (non-hydrogen) atoms. The molecule has 0 radical (unpaired) electrons. The molecule has 2 N–H and O–H groups in total. The van der Waals surface area contributed by atoms with Gasteiger partial charge in [-0.1, -0.05) is 13.8 Å². The minimum absolute atomic E-state index is 0.0579. The Morgan fingerprint density at radius 2 is 2.05 bits per heavy atom. The first-order chi connectivity index (χ1) is 9.31. The average Bonchev–Trinajstić information content (AvgIpc) is 2.37. The Bertz CT molecular complexity index is 545. The van der Waals surface area contributed by atoms with E-state index < -0.39 is 10.0 Å². The number of nitrogens with one attached hydrogen (secondary N) is 1. The van der Waals surface area contributed by atoms with Crippen LogP contribution in [0.5, 0.6) is 5.75 Å². The van der Waals surface area contributed by atoms with Gasteiger partial charge in [-0.15, -0.1) is 0 Å². The van der Waals surface area contributed by atoms with Crippen LogP contribution in [0.1, 0.15) is 20.3 Å². The van der Waals surface area contributed by atoms with Crippen molar-refractivity contribution in [2.75, 3.05) is 13.7 Å². The Morgan fingerprint density at radius 3 is 2.50 bits per heavy atom. The molecular formula is C13H20BrNO4S. The fourth-order valence-corrected chi connectivity index (χ4v) is 3.89. The van der Waals surface area contributed by atoms with Crippen LogP contribution in [-0.4, -0.2) is 33.3 Å². The summed E-state index contributed by atoms with van der Waals surface area (Å²) in [6.45, 7) is 3.76. The summed E-state index contributed by atoms with van der Waals surface area (Å²) in [5.41, 5.74) is 0. The monoisotopic (exact) mass is 365 g/mol. The lowest BCUT2D eigenvalue weighted by molar-refractivity contribution is 0.256. The van der Waals surface area contributed by atoms with Crippen molar-refractivity contribution in [2.24, 2.45) is 5.92 Å². The van der Waals surface area contributed by atoms with E-state index in [9.17, 15) is 8.42 Å². The van der Waals surface area contributed by atoms with Crippen LogP contribution < -0.4 is 9.46 Å². The average molecular weight is 366 g/mol. The van der Waals surface area contributed by atoms with Gasteiger partial charge < -0.3 is 9.84 Å². The van der Waals surface area contributed by atoms with Crippen molar-refractivity contribution in [3.05, 3.63) is 22.7 Å². The predicted molar refractivity (Wildman–Crippen MR) is 81.3 cm³/mol. The topological polar surface area (TPSA) is 75.6 Å². The normalized spacial score (nSPS) is 13.5. The highest BCUT2D eigenvalue weighted by molar-refractivity contribution is 9.10. The van der Waals surface area contributed by atoms with Crippen LogP contribution in [0.25, 0.3) is 0 Å². The highest BCUT2D eigenvalue weighted by atomic mass is 79.9. The first kappa shape index (κ1) is 17.4. The molecule has 1 aromatic rings. The van der Waals surface area contributed by atoms with Crippen molar-refractivity contribution in [2.45, 2.75) is 31.2 Å². The summed E-state index contributed by atoms with van der Waals surface area (Å²) < 4.78 is 32.9. The maximum atomic E-state index is 12.3. The van der Waals surface area contributed by atoms with E-state index in [1.165, 1.54) is 19.2 Å². The number of sulfonamides is 1. The molecule has 0 saturated heterocycles. The van der Waals surface area contributed by atoms with Crippen molar-refractivity contribution in [1.82, 2.24) is 4.72 Å². The van der Waals surface area contributed by atoms with E-state index in [1.54, 1.807) is 6.07 Å². The van der Waals surface area contributed by atoms with E-state index in [2.05, 4.69) is 20.7 Å². The first-order valence-corrected chi connectivity index (χ1v) is 8.56. The Labute approximate surface area is 128 Å². The quantitative estimate of drug-likeness (QED) is 0.775. The van der Waals surface area contributed by atoms with Crippen molar-refractivity contribution in [3.8, 4) is 5.75 Å². The molecule has 0 fully saturated rings. The molecule has 0 spiro atoms. The van der Waals surface area contributed by atoms with Gasteiger partial charge in [0.1, 0.15) is 5.75 Å². The van der Waals surface area contributed by atoms with Crippen LogP contribution in [0.3, 0.4) is 0 Å². The van der Waals surface area contributed by atoms with Crippen molar-refractivity contribution < 1.29 is 18.3 Å². The molecule has 0 aromatic heterocycles. The molecule has 0 bridgehead atoms. The highest BCUT2D eigenvalue weighted by Crippen LogP contribution is 2.27. The Morgan fingerprint density at radius 1 is 1.40 bits per heavy atom. The standard InChI is InChI=1S/C13H20BrNO4S/c1-9(2)12(6-7-16)15-20(17,18)10-4-5-13(19-3)11(14)8-10/h4-5,8-9,12,15-16H,6-7H2,1-3H3. The molecule has 0 heterocycles. The molecule has 1 atom stereocenters. The molecule has 0 aliphatic carbocycles. The fourth-order valence-electron chi connectivity index (χ4n) is 1.75. The third-order valence-electron chi connectivity index (χ3n) is 2.98. The molecule has 1 rings (SSSR count). The zero-order valence-electron chi connectivity index (χ0n) is 11.8. The van der Waals surface area contributed by atoms with Crippen LogP contribution in [0.15, 0.2) is 27.6 Å². The maximum Gasteiger partial charge on any atom is 0.240 e. The van der Waals surface area contributed by atoms with Crippen LogP contribution in [0, 0.1) is 5.92 Å². The minimum Gasteiger partial charge on any atom is -0.496 e. The van der Waals surface area contributed by atoms with Gasteiger partial charge in [-0.2, -0.15) is 0 Å². The van der Waals surface area contributed by atoms with Gasteiger partial charge in [0.25, 0.3) is 0 Å². The molecule has 0 aliphatic rings. The lowest BCUT2D eigenvalue weighted by atomic mass is 10.0. The van der Waals surface area contributed by atoms with E-state index in [-0.39, 0.29) is 23.5 Å². The fraction of sp³-hybridized carbons (Fsp3) is 0.538. The van der Waals surface area contributed by atoms with E-state index >= 15 is 0 Å². The summed E-state index contributed by atoms with van der Waals surface area (Å²) in [5.74, 6) is 0.665. The molecule has 5 nitrogen and oxygen atoms in total. The second kappa shape index (κ2) is 7.40. The highest BCUT2D eigenvalue weighted by Gasteiger charge is 2.22. The number of hydrogen-bond acceptors (Lipinski definition) is 4. The second-order valence-electron chi connectivity index (χ2n) is 4.78. The van der Waals surface area contributed by atoms with Crippen LogP contribution >= 0.6 is 15.9 Å². The van der Waals surface area contributed by atoms with E-state index in [0.29, 0.717) is 16.6 Å². The number of methoxy groups -OCH3 is 1. The van der Waals surface area contributed by atoms with Crippen molar-refractivity contribution in [1.29, 1.82) is 0 Å². The zero-order chi connectivity index (χ0) is 15.3. The molecule has 0 amide bonds. The molecule has 1 unspecified atom stereocenters. The number of aliphatic hydroxyl groups is 1. The molecular weight excluding hydrogens is 346 g/mol. The van der Waals surface area contributed by atoms with Gasteiger partial charge in [0, 0.05) is 12.6 Å². The first-order valence-electron chi connectivity index (χ1n) is 6.28. The van der Waals surface area contributed by atoms with Crippen LogP contribution in [0.2, 0.25) is 0 Å². The van der Waals surface area contributed by atoms with Gasteiger partial charge in [0.15, 0.2) is 0 Å². The number of hydrogen-bond donors (Lipinski definition) is 2. The Hall–Kier alpha value is -0.630. The lowest BCUT2D eigenvalue weighted by Gasteiger charge is -2.21.